The van der Waals surface area contributed by atoms with E-state index in [0.717, 1.165) is 6.41 Å². The number of carbonyl (C=O) groups excluding carboxylic acids is 4. The van der Waals surface area contributed by atoms with Crippen LogP contribution in [0, 0.1) is 34.5 Å². The van der Waals surface area contributed by atoms with Gasteiger partial charge in [0.05, 0.1) is 29.8 Å². The van der Waals surface area contributed by atoms with Crippen LogP contribution >= 0.6 is 0 Å². The summed E-state index contributed by atoms with van der Waals surface area (Å²) in [5.41, 5.74) is -5.68. The number of likely N-dealkylation sites (tertiary alicyclic amines) is 1. The van der Waals surface area contributed by atoms with Crippen molar-refractivity contribution in [2.24, 2.45) is 34.5 Å². The molecule has 49 heavy (non-hydrogen) atoms. The van der Waals surface area contributed by atoms with Gasteiger partial charge in [0.1, 0.15) is 30.0 Å². The minimum Gasteiger partial charge on any atom is -0.462 e. The molecule has 7 bridgehead atoms. The van der Waals surface area contributed by atoms with E-state index in [4.69, 9.17) is 33.2 Å². The molecule has 5 aliphatic carbocycles. The van der Waals surface area contributed by atoms with Gasteiger partial charge in [-0.2, -0.15) is 0 Å². The monoisotopic (exact) mass is 687 g/mol. The van der Waals surface area contributed by atoms with Crippen molar-refractivity contribution in [1.82, 2.24) is 4.90 Å². The minimum atomic E-state index is -1.95. The molecule has 5 saturated carbocycles. The number of carbonyl (C=O) groups is 4. The van der Waals surface area contributed by atoms with Crippen molar-refractivity contribution in [3.05, 3.63) is 35.9 Å². The van der Waals surface area contributed by atoms with Crippen molar-refractivity contribution in [2.45, 2.75) is 80.6 Å². The summed E-state index contributed by atoms with van der Waals surface area (Å²) in [6.45, 7) is 2.72. The molecule has 6 fully saturated rings. The molecule has 14 nitrogen and oxygen atoms in total. The van der Waals surface area contributed by atoms with E-state index in [-0.39, 0.29) is 31.6 Å². The van der Waals surface area contributed by atoms with Gasteiger partial charge in [-0.15, -0.1) is 0 Å². The smallest absolute Gasteiger partial charge is 0.338 e. The van der Waals surface area contributed by atoms with E-state index in [1.807, 2.05) is 0 Å². The second-order valence-corrected chi connectivity index (χ2v) is 14.7. The average Bonchev–Trinajstić information content (AvgIpc) is 3.44. The van der Waals surface area contributed by atoms with Crippen LogP contribution in [0.3, 0.4) is 0 Å². The van der Waals surface area contributed by atoms with Crippen molar-refractivity contribution in [1.29, 1.82) is 0 Å². The van der Waals surface area contributed by atoms with Crippen molar-refractivity contribution in [3.8, 4) is 0 Å². The highest BCUT2D eigenvalue weighted by Crippen LogP contribution is 2.80. The van der Waals surface area contributed by atoms with E-state index in [2.05, 4.69) is 0 Å². The molecule has 1 aromatic carbocycles. The molecular weight excluding hydrogens is 642 g/mol. The van der Waals surface area contributed by atoms with Gasteiger partial charge in [-0.3, -0.25) is 14.4 Å². The summed E-state index contributed by atoms with van der Waals surface area (Å²) in [6.07, 6.45) is -5.73. The number of rotatable bonds is 10. The Kier molecular flexibility index (Phi) is 8.20. The molecule has 1 heterocycles. The molecule has 2 N–H and O–H groups in total. The highest BCUT2D eigenvalue weighted by molar-refractivity contribution is 5.89. The molecule has 0 aromatic heterocycles. The van der Waals surface area contributed by atoms with Crippen molar-refractivity contribution >= 4 is 24.3 Å². The molecule has 1 saturated heterocycles. The van der Waals surface area contributed by atoms with Gasteiger partial charge in [0.2, 0.25) is 6.41 Å². The Morgan fingerprint density at radius 1 is 0.939 bits per heavy atom. The summed E-state index contributed by atoms with van der Waals surface area (Å²) in [5.74, 6) is -5.14. The van der Waals surface area contributed by atoms with Gasteiger partial charge in [-0.1, -0.05) is 18.2 Å². The SMILES string of the molecule is COC[C@]12CN(C=O)[C@@H]3[C@@H]4[C@H](OC)[C@H]1[C@@]3([C@@H](OC)C[C@H]2OC(C)=O)[C@@H]1C[C@@]2(O)[C@H](OC(=O)c3ccccc3)[C@@H]1[C@]4(OC(C)=O)[C@@H](O)[C@@H]2OC. The van der Waals surface area contributed by atoms with Crippen molar-refractivity contribution in [3.63, 3.8) is 0 Å². The van der Waals surface area contributed by atoms with Crippen LogP contribution in [0.2, 0.25) is 0 Å². The topological polar surface area (TPSA) is 177 Å². The Morgan fingerprint density at radius 3 is 2.22 bits per heavy atom. The fourth-order valence-electron chi connectivity index (χ4n) is 12.4. The van der Waals surface area contributed by atoms with E-state index in [9.17, 15) is 29.4 Å². The van der Waals surface area contributed by atoms with Gasteiger partial charge < -0.3 is 48.3 Å². The number of nitrogens with zero attached hydrogens (tertiary/aromatic N) is 1. The third-order valence-corrected chi connectivity index (χ3v) is 13.1. The zero-order valence-electron chi connectivity index (χ0n) is 28.5. The first-order valence-corrected chi connectivity index (χ1v) is 16.7. The first-order chi connectivity index (χ1) is 23.4. The minimum absolute atomic E-state index is 0.0625. The number of hydrogen-bond acceptors (Lipinski definition) is 13. The number of hydrogen-bond donors (Lipinski definition) is 2. The van der Waals surface area contributed by atoms with Crippen LogP contribution in [0.1, 0.15) is 37.0 Å². The lowest BCUT2D eigenvalue weighted by atomic mass is 9.42. The zero-order valence-corrected chi connectivity index (χ0v) is 28.5. The maximum absolute atomic E-state index is 13.8. The van der Waals surface area contributed by atoms with Gasteiger partial charge in [0.25, 0.3) is 0 Å². The molecule has 6 aliphatic rings. The fraction of sp³-hybridized carbons (Fsp3) is 0.714. The number of aliphatic hydroxyl groups excluding tert-OH is 1. The Hall–Kier alpha value is -3.14. The summed E-state index contributed by atoms with van der Waals surface area (Å²) >= 11 is 0. The predicted octanol–water partition coefficient (Wildman–Crippen LogP) is 0.355. The van der Waals surface area contributed by atoms with Crippen LogP contribution in [-0.4, -0.2) is 135 Å². The van der Waals surface area contributed by atoms with Crippen molar-refractivity contribution in [2.75, 3.05) is 41.6 Å². The van der Waals surface area contributed by atoms with Gasteiger partial charge >= 0.3 is 17.9 Å². The summed E-state index contributed by atoms with van der Waals surface area (Å²) in [7, 11) is 5.93. The van der Waals surface area contributed by atoms with Crippen LogP contribution in [0.25, 0.3) is 0 Å². The number of aliphatic hydroxyl groups is 2. The third kappa shape index (κ3) is 4.09. The number of amides is 1. The second-order valence-electron chi connectivity index (χ2n) is 14.7. The molecule has 1 spiro atoms. The van der Waals surface area contributed by atoms with Gasteiger partial charge in [0, 0.05) is 84.5 Å². The van der Waals surface area contributed by atoms with E-state index in [0.29, 0.717) is 0 Å². The first-order valence-electron chi connectivity index (χ1n) is 16.7. The van der Waals surface area contributed by atoms with Gasteiger partial charge in [0.15, 0.2) is 5.60 Å². The molecule has 1 aliphatic heterocycles. The number of methoxy groups -OCH3 is 4. The van der Waals surface area contributed by atoms with E-state index in [1.54, 1.807) is 42.3 Å². The Labute approximate surface area is 284 Å². The lowest BCUT2D eigenvalue weighted by Gasteiger charge is -2.69. The molecule has 0 unspecified atom stereocenters. The lowest BCUT2D eigenvalue weighted by Crippen LogP contribution is -2.81. The first kappa shape index (κ1) is 34.3. The summed E-state index contributed by atoms with van der Waals surface area (Å²) in [6, 6.07) is 7.58. The summed E-state index contributed by atoms with van der Waals surface area (Å²) in [5, 5.41) is 25.3. The Bertz CT molecular complexity index is 1510. The second kappa shape index (κ2) is 11.7. The number of ether oxygens (including phenoxy) is 7. The molecule has 15 atom stereocenters. The largest absolute Gasteiger partial charge is 0.462 e. The van der Waals surface area contributed by atoms with Crippen LogP contribution < -0.4 is 0 Å². The molecule has 1 amide bonds. The average molecular weight is 688 g/mol. The highest BCUT2D eigenvalue weighted by Gasteiger charge is 2.92. The van der Waals surface area contributed by atoms with Crippen LogP contribution in [0.4, 0.5) is 0 Å². The summed E-state index contributed by atoms with van der Waals surface area (Å²) in [4.78, 5) is 54.6. The molecule has 1 aromatic rings. The molecular formula is C35H45NO13. The van der Waals surface area contributed by atoms with Crippen LogP contribution in [0.15, 0.2) is 30.3 Å². The predicted molar refractivity (Wildman–Crippen MR) is 166 cm³/mol. The number of esters is 3. The Balaban J connectivity index is 1.53. The van der Waals surface area contributed by atoms with Gasteiger partial charge in [-0.05, 0) is 24.5 Å². The number of benzene rings is 1. The maximum Gasteiger partial charge on any atom is 0.338 e. The third-order valence-electron chi connectivity index (χ3n) is 13.1. The molecule has 268 valence electrons. The molecule has 0 radical (unpaired) electrons. The zero-order chi connectivity index (χ0) is 35.3. The quantitative estimate of drug-likeness (QED) is 0.196. The number of piperidine rings is 1. The van der Waals surface area contributed by atoms with E-state index < -0.39 is 106 Å². The Morgan fingerprint density at radius 2 is 1.65 bits per heavy atom. The van der Waals surface area contributed by atoms with Gasteiger partial charge in [-0.25, -0.2) is 4.79 Å². The normalized spacial score (nSPS) is 46.9. The maximum atomic E-state index is 13.8. The highest BCUT2D eigenvalue weighted by atomic mass is 16.6. The lowest BCUT2D eigenvalue weighted by molar-refractivity contribution is -0.319. The van der Waals surface area contributed by atoms with E-state index >= 15 is 0 Å². The standard InChI is InChI=1S/C35H45NO13/c1-17(38)47-21-12-22(44-4)34-20-13-33(42)29(48-31(41)19-10-8-7-9-11-19)23(20)35(49-18(2)39,28(40)30(33)46-6)24-25(45-5)26(34)32(21,15-43-3)14-36(16-37)27(24)34/h7-11,16,20-30,40,42H,12-15H2,1-6H3/t20-,21-,22+,23-,24+,25+,26-,27-,28+,29-,30+,32+,33-,34+,35-/m1/s1. The molecule has 7 rings (SSSR count). The molecule has 14 heteroatoms. The summed E-state index contributed by atoms with van der Waals surface area (Å²) < 4.78 is 43.2. The van der Waals surface area contributed by atoms with Crippen LogP contribution in [-0.2, 0) is 47.5 Å². The fourth-order valence-corrected chi connectivity index (χ4v) is 12.4. The number of fused-ring (bicyclic) bond motifs is 2. The van der Waals surface area contributed by atoms with E-state index in [1.165, 1.54) is 35.2 Å². The van der Waals surface area contributed by atoms with Crippen molar-refractivity contribution < 1.29 is 62.5 Å². The van der Waals surface area contributed by atoms with Crippen LogP contribution in [0.5, 0.6) is 0 Å².